The molecule has 5 heterocycles. The van der Waals surface area contributed by atoms with E-state index < -0.39 is 0 Å². The van der Waals surface area contributed by atoms with Crippen molar-refractivity contribution in [1.29, 1.82) is 0 Å². The van der Waals surface area contributed by atoms with E-state index in [1.54, 1.807) is 10.7 Å². The van der Waals surface area contributed by atoms with Gasteiger partial charge >= 0.3 is 5.82 Å². The maximum atomic E-state index is 6.61. The van der Waals surface area contributed by atoms with Crippen molar-refractivity contribution in [1.82, 2.24) is 34.3 Å². The zero-order valence-corrected chi connectivity index (χ0v) is 21.0. The van der Waals surface area contributed by atoms with Gasteiger partial charge in [-0.2, -0.15) is 9.38 Å². The van der Waals surface area contributed by atoms with Crippen molar-refractivity contribution < 1.29 is 4.40 Å². The molecule has 0 spiro atoms. The van der Waals surface area contributed by atoms with Gasteiger partial charge < -0.3 is 5.73 Å². The highest BCUT2D eigenvalue weighted by molar-refractivity contribution is 5.93. The predicted octanol–water partition coefficient (Wildman–Crippen LogP) is 4.27. The van der Waals surface area contributed by atoms with E-state index in [4.69, 9.17) is 15.8 Å². The van der Waals surface area contributed by atoms with Crippen LogP contribution in [0, 0.1) is 0 Å². The lowest BCUT2D eigenvalue weighted by Gasteiger charge is -2.38. The van der Waals surface area contributed by atoms with Crippen LogP contribution in [0.15, 0.2) is 97.6 Å². The third-order valence-corrected chi connectivity index (χ3v) is 7.75. The molecule has 5 aromatic heterocycles. The molecule has 8 rings (SSSR count). The van der Waals surface area contributed by atoms with E-state index >= 15 is 0 Å². The Balaban J connectivity index is 1.39. The van der Waals surface area contributed by atoms with Crippen molar-refractivity contribution >= 4 is 22.3 Å². The Morgan fingerprint density at radius 2 is 1.72 bits per heavy atom. The normalized spacial score (nSPS) is 14.7. The topological polar surface area (TPSA) is 104 Å². The Kier molecular flexibility index (Phi) is 4.65. The van der Waals surface area contributed by atoms with Crippen molar-refractivity contribution in [2.24, 2.45) is 5.73 Å². The number of nitrogens with two attached hydrogens (primary N) is 1. The van der Waals surface area contributed by atoms with Gasteiger partial charge in [0, 0.05) is 29.7 Å². The molecule has 188 valence electrons. The Morgan fingerprint density at radius 1 is 0.872 bits per heavy atom. The second kappa shape index (κ2) is 8.24. The first kappa shape index (κ1) is 22.0. The van der Waals surface area contributed by atoms with Crippen LogP contribution in [-0.4, -0.2) is 34.3 Å². The maximum absolute atomic E-state index is 6.61. The van der Waals surface area contributed by atoms with E-state index in [9.17, 15) is 0 Å². The van der Waals surface area contributed by atoms with Crippen LogP contribution in [0.1, 0.15) is 24.8 Å². The van der Waals surface area contributed by atoms with E-state index in [1.807, 2.05) is 58.0 Å². The molecule has 0 unspecified atom stereocenters. The van der Waals surface area contributed by atoms with Gasteiger partial charge in [0.15, 0.2) is 0 Å². The van der Waals surface area contributed by atoms with Crippen molar-refractivity contribution in [2.45, 2.75) is 24.8 Å². The van der Waals surface area contributed by atoms with Crippen molar-refractivity contribution in [2.75, 3.05) is 0 Å². The molecule has 1 fully saturated rings. The smallest absolute Gasteiger partial charge is 0.321 e. The molecule has 7 aromatic rings. The fourth-order valence-corrected chi connectivity index (χ4v) is 5.44. The zero-order valence-electron chi connectivity index (χ0n) is 21.0. The minimum Gasteiger partial charge on any atom is -0.321 e. The number of pyridine rings is 2. The third kappa shape index (κ3) is 3.44. The van der Waals surface area contributed by atoms with Crippen LogP contribution in [0.25, 0.3) is 50.8 Å². The molecule has 39 heavy (non-hydrogen) atoms. The van der Waals surface area contributed by atoms with Crippen molar-refractivity contribution in [3.05, 3.63) is 103 Å². The highest BCUT2D eigenvalue weighted by atomic mass is 15.4. The summed E-state index contributed by atoms with van der Waals surface area (Å²) in [6.07, 6.45) is 10.6. The minimum absolute atomic E-state index is 0.223. The summed E-state index contributed by atoms with van der Waals surface area (Å²) < 4.78 is 5.63. The molecule has 2 N–H and O–H groups in total. The van der Waals surface area contributed by atoms with E-state index in [0.29, 0.717) is 17.4 Å². The standard InChI is InChI=1S/C30H24N9/c31-30(13-4-14-30)22-8-10-23(11-9-22)39-28-24-18-21(20-6-2-1-3-7-20)19-33-25(24)12-17-37(28)27(36-39)26-34-29-32-15-5-16-38(29)35-26/h1-3,5-12,15-19H,4,13-14,31H2/q+1. The summed E-state index contributed by atoms with van der Waals surface area (Å²) in [7, 11) is 0. The lowest BCUT2D eigenvalue weighted by Crippen LogP contribution is -2.43. The molecule has 9 nitrogen and oxygen atoms in total. The lowest BCUT2D eigenvalue weighted by molar-refractivity contribution is -0.499. The number of fused-ring (bicyclic) bond motifs is 4. The number of nitrogens with zero attached hydrogens (tertiary/aromatic N) is 8. The van der Waals surface area contributed by atoms with Crippen LogP contribution in [0.5, 0.6) is 0 Å². The first-order valence-electron chi connectivity index (χ1n) is 13.0. The van der Waals surface area contributed by atoms with Crippen LogP contribution in [0.4, 0.5) is 0 Å². The molecule has 0 saturated heterocycles. The van der Waals surface area contributed by atoms with Crippen LogP contribution in [0.3, 0.4) is 0 Å². The van der Waals surface area contributed by atoms with E-state index in [2.05, 4.69) is 57.5 Å². The molecule has 0 amide bonds. The summed E-state index contributed by atoms with van der Waals surface area (Å²) in [4.78, 5) is 13.8. The average Bonchev–Trinajstić information content (AvgIpc) is 3.58. The first-order chi connectivity index (χ1) is 19.2. The van der Waals surface area contributed by atoms with Gasteiger partial charge in [0.2, 0.25) is 0 Å². The molecule has 1 aliphatic carbocycles. The molecule has 2 aromatic carbocycles. The lowest BCUT2D eigenvalue weighted by atomic mass is 9.73. The summed E-state index contributed by atoms with van der Waals surface area (Å²) in [6.45, 7) is 0. The van der Waals surface area contributed by atoms with Crippen LogP contribution < -0.4 is 10.1 Å². The first-order valence-corrected chi connectivity index (χ1v) is 13.0. The molecule has 9 heteroatoms. The van der Waals surface area contributed by atoms with Gasteiger partial charge in [-0.25, -0.2) is 9.50 Å². The summed E-state index contributed by atoms with van der Waals surface area (Å²) in [5.74, 6) is 1.62. The number of benzene rings is 2. The zero-order chi connectivity index (χ0) is 26.0. The fraction of sp³-hybridized carbons (Fsp3) is 0.133. The molecular formula is C30H24N9+. The van der Waals surface area contributed by atoms with Crippen LogP contribution in [0.2, 0.25) is 0 Å². The van der Waals surface area contributed by atoms with Gasteiger partial charge in [-0.15, -0.1) is 5.10 Å². The molecule has 0 radical (unpaired) electrons. The maximum Gasteiger partial charge on any atom is 0.353 e. The average molecular weight is 511 g/mol. The van der Waals surface area contributed by atoms with Crippen LogP contribution in [-0.2, 0) is 5.54 Å². The molecule has 0 aliphatic heterocycles. The second-order valence-electron chi connectivity index (χ2n) is 10.1. The Labute approximate surface area is 223 Å². The Hall–Kier alpha value is -5.02. The number of hydrogen-bond donors (Lipinski definition) is 1. The number of aromatic nitrogens is 8. The summed E-state index contributed by atoms with van der Waals surface area (Å²) >= 11 is 0. The van der Waals surface area contributed by atoms with Gasteiger partial charge in [0.1, 0.15) is 5.69 Å². The minimum atomic E-state index is -0.223. The van der Waals surface area contributed by atoms with E-state index in [1.165, 1.54) is 6.42 Å². The third-order valence-electron chi connectivity index (χ3n) is 7.75. The Bertz CT molecular complexity index is 1970. The molecule has 1 aliphatic rings. The van der Waals surface area contributed by atoms with Gasteiger partial charge in [0.25, 0.3) is 17.2 Å². The highest BCUT2D eigenvalue weighted by Gasteiger charge is 2.35. The van der Waals surface area contributed by atoms with Crippen molar-refractivity contribution in [3.8, 4) is 28.5 Å². The van der Waals surface area contributed by atoms with E-state index in [-0.39, 0.29) is 5.54 Å². The molecular weight excluding hydrogens is 486 g/mol. The summed E-state index contributed by atoms with van der Waals surface area (Å²) in [6, 6.07) is 24.7. The van der Waals surface area contributed by atoms with E-state index in [0.717, 1.165) is 51.8 Å². The number of rotatable bonds is 4. The van der Waals surface area contributed by atoms with Gasteiger partial charge in [-0.1, -0.05) is 47.1 Å². The quantitative estimate of drug-likeness (QED) is 0.355. The highest BCUT2D eigenvalue weighted by Crippen LogP contribution is 2.39. The van der Waals surface area contributed by atoms with Gasteiger partial charge in [-0.3, -0.25) is 4.98 Å². The predicted molar refractivity (Wildman–Crippen MR) is 147 cm³/mol. The SMILES string of the molecule is NC1(c2ccc(-n3nc(-c4nc5ncccn5n4)[n+]4ccc5ncc(-c6ccccc6)cc5c34)cc2)CCC1. The summed E-state index contributed by atoms with van der Waals surface area (Å²) in [5.41, 5.74) is 12.3. The number of hydrogen-bond acceptors (Lipinski definition) is 6. The molecule has 1 saturated carbocycles. The van der Waals surface area contributed by atoms with Crippen molar-refractivity contribution in [3.63, 3.8) is 0 Å². The second-order valence-corrected chi connectivity index (χ2v) is 10.1. The Morgan fingerprint density at radius 3 is 2.49 bits per heavy atom. The van der Waals surface area contributed by atoms with Gasteiger partial charge in [-0.05, 0) is 60.7 Å². The molecule has 0 bridgehead atoms. The van der Waals surface area contributed by atoms with Crippen LogP contribution >= 0.6 is 0 Å². The largest absolute Gasteiger partial charge is 0.353 e. The summed E-state index contributed by atoms with van der Waals surface area (Å²) in [5, 5.41) is 10.7. The monoisotopic (exact) mass is 510 g/mol. The van der Waals surface area contributed by atoms with Gasteiger partial charge in [0.05, 0.1) is 22.2 Å². The molecule has 0 atom stereocenters. The fourth-order valence-electron chi connectivity index (χ4n) is 5.44.